The molecule has 2 aromatic heterocycles. The van der Waals surface area contributed by atoms with E-state index >= 15 is 0 Å². The molecule has 1 saturated carbocycles. The van der Waals surface area contributed by atoms with Crippen molar-refractivity contribution in [2.45, 2.75) is 11.8 Å². The zero-order valence-corrected chi connectivity index (χ0v) is 19.7. The summed E-state index contributed by atoms with van der Waals surface area (Å²) in [7, 11) is 6.05. The minimum atomic E-state index is -0.776. The first-order chi connectivity index (χ1) is 17.5. The second-order valence-corrected chi connectivity index (χ2v) is 8.89. The van der Waals surface area contributed by atoms with Crippen LogP contribution in [0.25, 0.3) is 21.9 Å². The summed E-state index contributed by atoms with van der Waals surface area (Å²) in [5.74, 6) is -1.36. The average molecular weight is 492 g/mol. The number of ether oxygens (including phenoxy) is 6. The number of furan rings is 2. The van der Waals surface area contributed by atoms with E-state index in [9.17, 15) is 9.59 Å². The summed E-state index contributed by atoms with van der Waals surface area (Å²) in [6, 6.07) is 3.42. The van der Waals surface area contributed by atoms with Crippen LogP contribution in [0, 0.1) is 11.8 Å². The van der Waals surface area contributed by atoms with E-state index in [1.54, 1.807) is 12.1 Å². The Morgan fingerprint density at radius 3 is 1.33 bits per heavy atom. The molecule has 184 valence electrons. The van der Waals surface area contributed by atoms with Crippen molar-refractivity contribution in [1.29, 1.82) is 0 Å². The Hall–Kier alpha value is -4.34. The third-order valence-electron chi connectivity index (χ3n) is 7.60. The SMILES string of the molecule is COc1c2c(c3ccoc3c1OC)OC(=O)[C@@H]1[C@H]3C(=O)Oc4c(c(OC)c(OC)c5occc45)[C@@H]3[C@H]21. The fourth-order valence-electron chi connectivity index (χ4n) is 6.27. The number of rotatable bonds is 4. The van der Waals surface area contributed by atoms with Gasteiger partial charge < -0.3 is 37.3 Å². The number of methoxy groups -OCH3 is 4. The lowest BCUT2D eigenvalue weighted by molar-refractivity contribution is -0.165. The molecule has 4 atom stereocenters. The van der Waals surface area contributed by atoms with Crippen molar-refractivity contribution < 1.29 is 46.8 Å². The fraction of sp³-hybridized carbons (Fsp3) is 0.308. The lowest BCUT2D eigenvalue weighted by atomic mass is 9.50. The molecule has 0 bridgehead atoms. The fourth-order valence-corrected chi connectivity index (χ4v) is 6.27. The van der Waals surface area contributed by atoms with Crippen LogP contribution in [0.2, 0.25) is 0 Å². The lowest BCUT2D eigenvalue weighted by Crippen LogP contribution is -2.57. The largest absolute Gasteiger partial charge is 0.492 e. The normalized spacial score (nSPS) is 23.6. The van der Waals surface area contributed by atoms with Crippen molar-refractivity contribution >= 4 is 33.9 Å². The van der Waals surface area contributed by atoms with Crippen molar-refractivity contribution in [3.63, 3.8) is 0 Å². The van der Waals surface area contributed by atoms with Gasteiger partial charge >= 0.3 is 11.9 Å². The summed E-state index contributed by atoms with van der Waals surface area (Å²) in [6.07, 6.45) is 2.99. The van der Waals surface area contributed by atoms with E-state index in [0.29, 0.717) is 67.6 Å². The molecule has 0 N–H and O–H groups in total. The summed E-state index contributed by atoms with van der Waals surface area (Å²) in [4.78, 5) is 26.6. The molecule has 4 heterocycles. The van der Waals surface area contributed by atoms with Crippen molar-refractivity contribution in [3.05, 3.63) is 35.8 Å². The van der Waals surface area contributed by atoms with Gasteiger partial charge in [0.05, 0.1) is 63.6 Å². The Kier molecular flexibility index (Phi) is 4.14. The van der Waals surface area contributed by atoms with Gasteiger partial charge in [0.25, 0.3) is 0 Å². The summed E-state index contributed by atoms with van der Waals surface area (Å²) in [5.41, 5.74) is 2.06. The summed E-state index contributed by atoms with van der Waals surface area (Å²) in [6.45, 7) is 0. The van der Waals surface area contributed by atoms with Gasteiger partial charge in [0.15, 0.2) is 22.7 Å². The van der Waals surface area contributed by atoms with E-state index in [0.717, 1.165) is 0 Å². The number of hydrogen-bond acceptors (Lipinski definition) is 10. The van der Waals surface area contributed by atoms with E-state index in [2.05, 4.69) is 0 Å². The highest BCUT2D eigenvalue weighted by atomic mass is 16.6. The highest BCUT2D eigenvalue weighted by Crippen LogP contribution is 2.70. The first-order valence-corrected chi connectivity index (χ1v) is 11.3. The molecule has 1 fully saturated rings. The Bertz CT molecular complexity index is 1490. The number of carbonyl (C=O) groups excluding carboxylic acids is 2. The summed E-state index contributed by atoms with van der Waals surface area (Å²) in [5, 5.41) is 1.15. The first kappa shape index (κ1) is 21.0. The van der Waals surface area contributed by atoms with Gasteiger partial charge in [-0.15, -0.1) is 0 Å². The minimum absolute atomic E-state index is 0.330. The zero-order valence-electron chi connectivity index (χ0n) is 19.7. The smallest absolute Gasteiger partial charge is 0.315 e. The van der Waals surface area contributed by atoms with Gasteiger partial charge in [0.2, 0.25) is 11.5 Å². The zero-order chi connectivity index (χ0) is 24.9. The molecule has 0 unspecified atom stereocenters. The Morgan fingerprint density at radius 1 is 0.583 bits per heavy atom. The number of esters is 2. The third kappa shape index (κ3) is 2.27. The molecule has 7 rings (SSSR count). The predicted octanol–water partition coefficient (Wildman–Crippen LogP) is 4.16. The van der Waals surface area contributed by atoms with Crippen molar-refractivity contribution in [1.82, 2.24) is 0 Å². The van der Waals surface area contributed by atoms with Gasteiger partial charge in [-0.3, -0.25) is 9.59 Å². The van der Waals surface area contributed by atoms with Crippen molar-refractivity contribution in [3.8, 4) is 34.5 Å². The van der Waals surface area contributed by atoms with Crippen molar-refractivity contribution in [2.24, 2.45) is 11.8 Å². The van der Waals surface area contributed by atoms with Gasteiger partial charge in [-0.25, -0.2) is 0 Å². The summed E-state index contributed by atoms with van der Waals surface area (Å²) >= 11 is 0. The maximum absolute atomic E-state index is 13.3. The van der Waals surface area contributed by atoms with Crippen LogP contribution in [0.1, 0.15) is 23.0 Å². The molecule has 36 heavy (non-hydrogen) atoms. The third-order valence-corrected chi connectivity index (χ3v) is 7.60. The predicted molar refractivity (Wildman–Crippen MR) is 122 cm³/mol. The minimum Gasteiger partial charge on any atom is -0.492 e. The van der Waals surface area contributed by atoms with Crippen LogP contribution in [0.15, 0.2) is 33.5 Å². The van der Waals surface area contributed by atoms with Gasteiger partial charge in [0.1, 0.15) is 11.5 Å². The molecule has 0 amide bonds. The molecule has 2 aromatic carbocycles. The molecule has 10 nitrogen and oxygen atoms in total. The van der Waals surface area contributed by atoms with E-state index in [-0.39, 0.29) is 0 Å². The maximum Gasteiger partial charge on any atom is 0.315 e. The number of fused-ring (bicyclic) bond motifs is 12. The second-order valence-electron chi connectivity index (χ2n) is 8.89. The average Bonchev–Trinajstić information content (AvgIpc) is 3.54. The Morgan fingerprint density at radius 2 is 0.972 bits per heavy atom. The van der Waals surface area contributed by atoms with Crippen LogP contribution in [0.4, 0.5) is 0 Å². The highest BCUT2D eigenvalue weighted by molar-refractivity contribution is 6.03. The van der Waals surface area contributed by atoms with Crippen LogP contribution in [0.3, 0.4) is 0 Å². The van der Waals surface area contributed by atoms with E-state index in [1.807, 2.05) is 0 Å². The maximum atomic E-state index is 13.3. The van der Waals surface area contributed by atoms with Crippen LogP contribution in [-0.2, 0) is 9.59 Å². The number of carbonyl (C=O) groups is 2. The van der Waals surface area contributed by atoms with Gasteiger partial charge in [-0.05, 0) is 12.1 Å². The summed E-state index contributed by atoms with van der Waals surface area (Å²) < 4.78 is 45.8. The lowest BCUT2D eigenvalue weighted by Gasteiger charge is -2.54. The molecule has 10 heteroatoms. The second kappa shape index (κ2) is 7.09. The molecule has 0 spiro atoms. The molecular formula is C26H20O10. The van der Waals surface area contributed by atoms with Gasteiger partial charge in [-0.1, -0.05) is 0 Å². The standard InChI is InChI=1S/C26H20O10/c1-29-21-15-11-12-14(13(11)25(27)35-17(15)9-5-7-33-19(9)23(21)31-3)26(28)36-18-10-6-8-34-20(10)24(32-4)22(30-2)16(12)18/h5-8,11-14H,1-4H3/t11-,12+,13-,14-/m0/s1. The molecule has 0 saturated heterocycles. The Labute approximate surface area is 203 Å². The molecule has 1 aliphatic carbocycles. The van der Waals surface area contributed by atoms with E-state index in [4.69, 9.17) is 37.3 Å². The number of benzene rings is 2. The van der Waals surface area contributed by atoms with Gasteiger partial charge in [0, 0.05) is 23.0 Å². The van der Waals surface area contributed by atoms with E-state index in [1.165, 1.54) is 41.0 Å². The van der Waals surface area contributed by atoms with Crippen LogP contribution in [0.5, 0.6) is 34.5 Å². The van der Waals surface area contributed by atoms with Crippen LogP contribution < -0.4 is 28.4 Å². The molecule has 2 aliphatic heterocycles. The monoisotopic (exact) mass is 492 g/mol. The Balaban J connectivity index is 1.56. The van der Waals surface area contributed by atoms with Crippen LogP contribution in [-0.4, -0.2) is 40.4 Å². The molecule has 3 aliphatic rings. The topological polar surface area (TPSA) is 116 Å². The van der Waals surface area contributed by atoms with Crippen molar-refractivity contribution in [2.75, 3.05) is 28.4 Å². The molecule has 4 aromatic rings. The van der Waals surface area contributed by atoms with E-state index < -0.39 is 35.6 Å². The van der Waals surface area contributed by atoms with Gasteiger partial charge in [-0.2, -0.15) is 0 Å². The molecule has 0 radical (unpaired) electrons. The first-order valence-electron chi connectivity index (χ1n) is 11.3. The highest BCUT2D eigenvalue weighted by Gasteiger charge is 2.66. The molecular weight excluding hydrogens is 472 g/mol. The quantitative estimate of drug-likeness (QED) is 0.304. The number of hydrogen-bond donors (Lipinski definition) is 0. The van der Waals surface area contributed by atoms with Crippen LogP contribution >= 0.6 is 0 Å².